The minimum Gasteiger partial charge on any atom is -0.461 e. The molecule has 1 atom stereocenters. The van der Waals surface area contributed by atoms with Gasteiger partial charge in [-0.1, -0.05) is 55.3 Å². The van der Waals surface area contributed by atoms with Crippen LogP contribution in [0.15, 0.2) is 54.6 Å². The predicted octanol–water partition coefficient (Wildman–Crippen LogP) is 4.84. The topological polar surface area (TPSA) is 105 Å². The lowest BCUT2D eigenvalue weighted by Gasteiger charge is -2.21. The standard InChI is InChI=1S/C29H38N2O5/c32-21-25(33)12-6-1-2-7-15-27(34)31-24-18-16-22(17-19-24)20-30-28(23-10-4-3-5-11-23)29(35)36-26-13-8-9-14-26/h3-5,10-11,16-19,26,28,30,32H,1-2,6-9,12-15,20-21H2,(H,31,34)/t28-/m1/s1. The molecule has 2 aromatic rings. The predicted molar refractivity (Wildman–Crippen MR) is 139 cm³/mol. The molecule has 0 bridgehead atoms. The number of unbranched alkanes of at least 4 members (excludes halogenated alkanes) is 3. The van der Waals surface area contributed by atoms with Crippen molar-refractivity contribution in [2.24, 2.45) is 0 Å². The van der Waals surface area contributed by atoms with Gasteiger partial charge < -0.3 is 15.2 Å². The van der Waals surface area contributed by atoms with Gasteiger partial charge in [0.15, 0.2) is 5.78 Å². The van der Waals surface area contributed by atoms with Gasteiger partial charge in [-0.3, -0.25) is 14.9 Å². The molecule has 0 saturated heterocycles. The number of nitrogens with one attached hydrogen (secondary N) is 2. The molecule has 36 heavy (non-hydrogen) atoms. The van der Waals surface area contributed by atoms with Crippen molar-refractivity contribution in [3.63, 3.8) is 0 Å². The Kier molecular flexibility index (Phi) is 11.6. The van der Waals surface area contributed by atoms with Crippen molar-refractivity contribution < 1.29 is 24.2 Å². The van der Waals surface area contributed by atoms with E-state index in [9.17, 15) is 14.4 Å². The Labute approximate surface area is 213 Å². The fourth-order valence-corrected chi connectivity index (χ4v) is 4.41. The first kappa shape index (κ1) is 27.6. The number of carbonyl (C=O) groups excluding carboxylic acids is 3. The zero-order valence-electron chi connectivity index (χ0n) is 20.9. The molecule has 7 heteroatoms. The van der Waals surface area contributed by atoms with Gasteiger partial charge in [0.25, 0.3) is 0 Å². The van der Waals surface area contributed by atoms with Crippen LogP contribution in [0.1, 0.15) is 81.4 Å². The minimum absolute atomic E-state index is 0.0175. The Hall–Kier alpha value is -3.03. The number of aliphatic hydroxyl groups is 1. The van der Waals surface area contributed by atoms with E-state index in [0.717, 1.165) is 68.2 Å². The van der Waals surface area contributed by atoms with Crippen molar-refractivity contribution in [3.05, 3.63) is 65.7 Å². The number of benzene rings is 2. The molecule has 0 unspecified atom stereocenters. The molecule has 2 aromatic carbocycles. The molecule has 0 heterocycles. The van der Waals surface area contributed by atoms with Crippen molar-refractivity contribution in [2.75, 3.05) is 11.9 Å². The molecule has 0 radical (unpaired) electrons. The average Bonchev–Trinajstić information content (AvgIpc) is 3.40. The van der Waals surface area contributed by atoms with Crippen LogP contribution in [0.5, 0.6) is 0 Å². The quantitative estimate of drug-likeness (QED) is 0.242. The number of aliphatic hydroxyl groups excluding tert-OH is 1. The van der Waals surface area contributed by atoms with Gasteiger partial charge >= 0.3 is 5.97 Å². The summed E-state index contributed by atoms with van der Waals surface area (Å²) in [7, 11) is 0. The third-order valence-corrected chi connectivity index (χ3v) is 6.49. The van der Waals surface area contributed by atoms with E-state index in [4.69, 9.17) is 9.84 Å². The maximum absolute atomic E-state index is 12.9. The monoisotopic (exact) mass is 494 g/mol. The molecule has 0 aliphatic heterocycles. The van der Waals surface area contributed by atoms with Crippen molar-refractivity contribution in [2.45, 2.75) is 82.9 Å². The highest BCUT2D eigenvalue weighted by Gasteiger charge is 2.26. The van der Waals surface area contributed by atoms with E-state index in [1.165, 1.54) is 0 Å². The number of Topliss-reactive ketones (excluding diaryl/α,β-unsaturated/α-hetero) is 1. The number of anilines is 1. The molecule has 3 rings (SSSR count). The van der Waals surface area contributed by atoms with Gasteiger partial charge in [-0.15, -0.1) is 0 Å². The third kappa shape index (κ3) is 9.55. The summed E-state index contributed by atoms with van der Waals surface area (Å²) in [5, 5.41) is 15.0. The molecule has 1 fully saturated rings. The van der Waals surface area contributed by atoms with Crippen molar-refractivity contribution in [3.8, 4) is 0 Å². The number of ether oxygens (including phenoxy) is 1. The van der Waals surface area contributed by atoms with E-state index < -0.39 is 12.6 Å². The van der Waals surface area contributed by atoms with Gasteiger partial charge in [0.05, 0.1) is 0 Å². The van der Waals surface area contributed by atoms with Gasteiger partial charge in [-0.2, -0.15) is 0 Å². The summed E-state index contributed by atoms with van der Waals surface area (Å²) in [6.45, 7) is 0.101. The Bertz CT molecular complexity index is 955. The number of hydrogen-bond acceptors (Lipinski definition) is 6. The lowest BCUT2D eigenvalue weighted by molar-refractivity contribution is -0.151. The molecule has 1 amide bonds. The summed E-state index contributed by atoms with van der Waals surface area (Å²) in [4.78, 5) is 36.2. The van der Waals surface area contributed by atoms with E-state index in [-0.39, 0.29) is 23.8 Å². The fourth-order valence-electron chi connectivity index (χ4n) is 4.41. The first-order valence-corrected chi connectivity index (χ1v) is 13.1. The van der Waals surface area contributed by atoms with E-state index in [1.807, 2.05) is 54.6 Å². The zero-order chi connectivity index (χ0) is 25.6. The second-order valence-corrected chi connectivity index (χ2v) is 9.42. The molecule has 1 aliphatic rings. The van der Waals surface area contributed by atoms with Crippen LogP contribution < -0.4 is 10.6 Å². The zero-order valence-corrected chi connectivity index (χ0v) is 20.9. The number of amides is 1. The Balaban J connectivity index is 1.43. The second-order valence-electron chi connectivity index (χ2n) is 9.42. The number of rotatable bonds is 15. The van der Waals surface area contributed by atoms with E-state index in [0.29, 0.717) is 19.4 Å². The van der Waals surface area contributed by atoms with Crippen LogP contribution in [0.4, 0.5) is 5.69 Å². The molecule has 3 N–H and O–H groups in total. The number of ketones is 1. The molecular formula is C29H38N2O5. The normalized spacial score (nSPS) is 14.4. The SMILES string of the molecule is O=C(CO)CCCCCCC(=O)Nc1ccc(CN[C@@H](C(=O)OC2CCCC2)c2ccccc2)cc1. The van der Waals surface area contributed by atoms with Crippen LogP contribution in [0.25, 0.3) is 0 Å². The summed E-state index contributed by atoms with van der Waals surface area (Å²) in [5.74, 6) is -0.408. The van der Waals surface area contributed by atoms with E-state index >= 15 is 0 Å². The van der Waals surface area contributed by atoms with Crippen molar-refractivity contribution >= 4 is 23.3 Å². The molecule has 194 valence electrons. The average molecular weight is 495 g/mol. The smallest absolute Gasteiger partial charge is 0.328 e. The van der Waals surface area contributed by atoms with Crippen LogP contribution in [-0.4, -0.2) is 35.5 Å². The molecule has 0 spiro atoms. The number of esters is 1. The fraction of sp³-hybridized carbons (Fsp3) is 0.483. The second kappa shape index (κ2) is 15.2. The van der Waals surface area contributed by atoms with Crippen LogP contribution in [0.2, 0.25) is 0 Å². The molecule has 1 saturated carbocycles. The maximum Gasteiger partial charge on any atom is 0.328 e. The maximum atomic E-state index is 12.9. The highest BCUT2D eigenvalue weighted by Crippen LogP contribution is 2.24. The van der Waals surface area contributed by atoms with Crippen LogP contribution in [0, 0.1) is 0 Å². The summed E-state index contributed by atoms with van der Waals surface area (Å²) >= 11 is 0. The van der Waals surface area contributed by atoms with Gasteiger partial charge in [0.1, 0.15) is 18.8 Å². The summed E-state index contributed by atoms with van der Waals surface area (Å²) in [5.41, 5.74) is 2.61. The Morgan fingerprint density at radius 1 is 0.889 bits per heavy atom. The molecule has 0 aromatic heterocycles. The Morgan fingerprint density at radius 3 is 2.22 bits per heavy atom. The Morgan fingerprint density at radius 2 is 1.56 bits per heavy atom. The van der Waals surface area contributed by atoms with Crippen LogP contribution in [-0.2, 0) is 25.7 Å². The van der Waals surface area contributed by atoms with Gasteiger partial charge in [0, 0.05) is 25.1 Å². The first-order valence-electron chi connectivity index (χ1n) is 13.1. The first-order chi connectivity index (χ1) is 17.5. The lowest BCUT2D eigenvalue weighted by atomic mass is 10.1. The molecular weight excluding hydrogens is 456 g/mol. The number of carbonyl (C=O) groups is 3. The van der Waals surface area contributed by atoms with Crippen molar-refractivity contribution in [1.29, 1.82) is 0 Å². The number of hydrogen-bond donors (Lipinski definition) is 3. The van der Waals surface area contributed by atoms with Crippen LogP contribution >= 0.6 is 0 Å². The highest BCUT2D eigenvalue weighted by molar-refractivity contribution is 5.90. The largest absolute Gasteiger partial charge is 0.461 e. The van der Waals surface area contributed by atoms with Gasteiger partial charge in [-0.05, 0) is 61.8 Å². The van der Waals surface area contributed by atoms with Crippen molar-refractivity contribution in [1.82, 2.24) is 5.32 Å². The highest BCUT2D eigenvalue weighted by atomic mass is 16.5. The van der Waals surface area contributed by atoms with Gasteiger partial charge in [0.2, 0.25) is 5.91 Å². The summed E-state index contributed by atoms with van der Waals surface area (Å²) in [6, 6.07) is 16.7. The lowest BCUT2D eigenvalue weighted by Crippen LogP contribution is -2.32. The molecule has 7 nitrogen and oxygen atoms in total. The third-order valence-electron chi connectivity index (χ3n) is 6.49. The van der Waals surface area contributed by atoms with Gasteiger partial charge in [-0.25, -0.2) is 4.79 Å². The summed E-state index contributed by atoms with van der Waals surface area (Å²) in [6.07, 6.45) is 8.20. The van der Waals surface area contributed by atoms with E-state index in [2.05, 4.69) is 10.6 Å². The van der Waals surface area contributed by atoms with Crippen LogP contribution in [0.3, 0.4) is 0 Å². The summed E-state index contributed by atoms with van der Waals surface area (Å²) < 4.78 is 5.77. The molecule has 1 aliphatic carbocycles. The minimum atomic E-state index is -0.534. The van der Waals surface area contributed by atoms with E-state index in [1.54, 1.807) is 0 Å².